The molecular weight excluding hydrogens is 480 g/mol. The summed E-state index contributed by atoms with van der Waals surface area (Å²) in [7, 11) is 3.16. The molecule has 0 aliphatic rings. The Morgan fingerprint density at radius 2 is 1.55 bits per heavy atom. The number of rotatable bonds is 13. The maximum atomic E-state index is 13.3. The number of carbonyl (C=O) groups is 3. The van der Waals surface area contributed by atoms with Gasteiger partial charge in [-0.05, 0) is 47.9 Å². The van der Waals surface area contributed by atoms with Gasteiger partial charge in [-0.15, -0.1) is 0 Å². The van der Waals surface area contributed by atoms with Crippen LogP contribution in [-0.2, 0) is 4.79 Å². The third kappa shape index (κ3) is 7.80. The Kier molecular flexibility index (Phi) is 10.7. The Bertz CT molecular complexity index is 1270. The van der Waals surface area contributed by atoms with E-state index in [0.29, 0.717) is 34.6 Å². The van der Waals surface area contributed by atoms with Crippen molar-refractivity contribution >= 4 is 29.7 Å². The Labute approximate surface area is 223 Å². The molecule has 198 valence electrons. The summed E-state index contributed by atoms with van der Waals surface area (Å²) < 4.78 is 10.7. The maximum absolute atomic E-state index is 13.3. The second-order valence-corrected chi connectivity index (χ2v) is 8.72. The molecule has 0 saturated carbocycles. The number of hydrogen-bond donors (Lipinski definition) is 2. The summed E-state index contributed by atoms with van der Waals surface area (Å²) in [4.78, 5) is 38.6. The lowest BCUT2D eigenvalue weighted by Crippen LogP contribution is -2.45. The van der Waals surface area contributed by atoms with E-state index in [0.717, 1.165) is 18.4 Å². The fourth-order valence-electron chi connectivity index (χ4n) is 3.93. The Morgan fingerprint density at radius 3 is 2.26 bits per heavy atom. The van der Waals surface area contributed by atoms with E-state index in [9.17, 15) is 14.4 Å². The molecule has 0 bridgehead atoms. The fraction of sp³-hybridized carbons (Fsp3) is 0.258. The molecule has 0 aliphatic heterocycles. The summed E-state index contributed by atoms with van der Waals surface area (Å²) in [5.41, 5.74) is 2.51. The van der Waals surface area contributed by atoms with Crippen molar-refractivity contribution in [3.8, 4) is 11.5 Å². The average molecular weight is 515 g/mol. The molecule has 2 N–H and O–H groups in total. The summed E-state index contributed by atoms with van der Waals surface area (Å²) in [5, 5.41) is 5.56. The van der Waals surface area contributed by atoms with Crippen LogP contribution in [0.2, 0.25) is 0 Å². The van der Waals surface area contributed by atoms with Crippen LogP contribution in [0.4, 0.5) is 0 Å². The minimum atomic E-state index is -0.707. The molecule has 0 aliphatic carbocycles. The van der Waals surface area contributed by atoms with Crippen molar-refractivity contribution in [2.24, 2.45) is 0 Å². The Morgan fingerprint density at radius 1 is 0.842 bits per heavy atom. The fourth-order valence-corrected chi connectivity index (χ4v) is 3.93. The minimum Gasteiger partial charge on any atom is -0.493 e. The van der Waals surface area contributed by atoms with Crippen molar-refractivity contribution < 1.29 is 23.9 Å². The molecule has 0 spiro atoms. The molecule has 0 aromatic heterocycles. The zero-order valence-corrected chi connectivity index (χ0v) is 22.0. The third-order valence-corrected chi connectivity index (χ3v) is 6.07. The zero-order chi connectivity index (χ0) is 27.3. The predicted octanol–water partition coefficient (Wildman–Crippen LogP) is 5.16. The highest BCUT2D eigenvalue weighted by Gasteiger charge is 2.22. The highest BCUT2D eigenvalue weighted by Crippen LogP contribution is 2.28. The van der Waals surface area contributed by atoms with E-state index in [1.165, 1.54) is 0 Å². The first-order valence-corrected chi connectivity index (χ1v) is 12.6. The largest absolute Gasteiger partial charge is 0.493 e. The molecule has 1 unspecified atom stereocenters. The van der Waals surface area contributed by atoms with Crippen molar-refractivity contribution in [3.63, 3.8) is 0 Å². The summed E-state index contributed by atoms with van der Waals surface area (Å²) in [6.07, 6.45) is 5.86. The van der Waals surface area contributed by atoms with Gasteiger partial charge in [0.05, 0.1) is 26.8 Å². The molecule has 3 aromatic rings. The quantitative estimate of drug-likeness (QED) is 0.307. The smallest absolute Gasteiger partial charge is 0.252 e. The van der Waals surface area contributed by atoms with Crippen LogP contribution in [0.1, 0.15) is 58.0 Å². The van der Waals surface area contributed by atoms with Gasteiger partial charge in [0.1, 0.15) is 0 Å². The number of carbonyl (C=O) groups excluding carboxylic acids is 3. The van der Waals surface area contributed by atoms with Gasteiger partial charge < -0.3 is 20.1 Å². The standard InChI is InChI=1S/C31H34N2O5/c1-4-5-15-26(27(34)21-32-30(35)24-12-7-6-8-13-24)33-31(36)25-14-10-9-11-23(25)18-16-22-17-19-28(37-2)29(20-22)38-3/h6-14,16-20,26H,4-5,15,21H2,1-3H3,(H,32,35)(H,33,36). The first kappa shape index (κ1) is 28.2. The van der Waals surface area contributed by atoms with Crippen LogP contribution in [0.3, 0.4) is 0 Å². The second-order valence-electron chi connectivity index (χ2n) is 8.72. The average Bonchev–Trinajstić information content (AvgIpc) is 2.96. The molecule has 0 heterocycles. The number of ketones is 1. The molecule has 0 radical (unpaired) electrons. The molecule has 3 rings (SSSR count). The SMILES string of the molecule is CCCCC(NC(=O)c1ccccc1C=Cc1ccc(OC)c(OC)c1)C(=O)CNC(=O)c1ccccc1. The van der Waals surface area contributed by atoms with Gasteiger partial charge in [-0.3, -0.25) is 14.4 Å². The van der Waals surface area contributed by atoms with E-state index in [1.807, 2.05) is 55.5 Å². The molecule has 0 fully saturated rings. The third-order valence-electron chi connectivity index (χ3n) is 6.07. The van der Waals surface area contributed by atoms with Gasteiger partial charge in [-0.2, -0.15) is 0 Å². The molecule has 3 aromatic carbocycles. The van der Waals surface area contributed by atoms with E-state index < -0.39 is 6.04 Å². The van der Waals surface area contributed by atoms with E-state index in [1.54, 1.807) is 50.6 Å². The van der Waals surface area contributed by atoms with Crippen molar-refractivity contribution in [1.82, 2.24) is 10.6 Å². The molecule has 1 atom stereocenters. The van der Waals surface area contributed by atoms with Crippen molar-refractivity contribution in [3.05, 3.63) is 95.1 Å². The Balaban J connectivity index is 1.72. The first-order valence-electron chi connectivity index (χ1n) is 12.6. The van der Waals surface area contributed by atoms with Gasteiger partial charge in [0.2, 0.25) is 0 Å². The van der Waals surface area contributed by atoms with E-state index in [-0.39, 0.29) is 24.1 Å². The van der Waals surface area contributed by atoms with Crippen LogP contribution in [0.15, 0.2) is 72.8 Å². The van der Waals surface area contributed by atoms with Crippen molar-refractivity contribution in [2.45, 2.75) is 32.2 Å². The summed E-state index contributed by atoms with van der Waals surface area (Å²) in [5.74, 6) is 0.325. The van der Waals surface area contributed by atoms with Gasteiger partial charge >= 0.3 is 0 Å². The zero-order valence-electron chi connectivity index (χ0n) is 22.0. The minimum absolute atomic E-state index is 0.163. The summed E-state index contributed by atoms with van der Waals surface area (Å²) >= 11 is 0. The lowest BCUT2D eigenvalue weighted by Gasteiger charge is -2.18. The lowest BCUT2D eigenvalue weighted by molar-refractivity contribution is -0.120. The number of hydrogen-bond acceptors (Lipinski definition) is 5. The Hall–Kier alpha value is -4.39. The number of amides is 2. The number of Topliss-reactive ketones (excluding diaryl/α,β-unsaturated/α-hetero) is 1. The first-order chi connectivity index (χ1) is 18.5. The van der Waals surface area contributed by atoms with Crippen LogP contribution in [0, 0.1) is 0 Å². The van der Waals surface area contributed by atoms with Gasteiger partial charge in [0.25, 0.3) is 11.8 Å². The molecular formula is C31H34N2O5. The van der Waals surface area contributed by atoms with Gasteiger partial charge in [-0.25, -0.2) is 0 Å². The number of benzene rings is 3. The normalized spacial score (nSPS) is 11.6. The molecule has 7 nitrogen and oxygen atoms in total. The lowest BCUT2D eigenvalue weighted by atomic mass is 10.0. The maximum Gasteiger partial charge on any atom is 0.252 e. The summed E-state index contributed by atoms with van der Waals surface area (Å²) in [6, 6.07) is 20.8. The van der Waals surface area contributed by atoms with Gasteiger partial charge in [0, 0.05) is 11.1 Å². The number of ether oxygens (including phenoxy) is 2. The number of unbranched alkanes of at least 4 members (excludes halogenated alkanes) is 1. The second kappa shape index (κ2) is 14.4. The molecule has 38 heavy (non-hydrogen) atoms. The van der Waals surface area contributed by atoms with E-state index in [4.69, 9.17) is 9.47 Å². The van der Waals surface area contributed by atoms with Crippen LogP contribution >= 0.6 is 0 Å². The molecule has 0 saturated heterocycles. The molecule has 2 amide bonds. The van der Waals surface area contributed by atoms with Crippen LogP contribution in [0.25, 0.3) is 12.2 Å². The number of nitrogens with one attached hydrogen (secondary N) is 2. The van der Waals surface area contributed by atoms with Crippen LogP contribution < -0.4 is 20.1 Å². The van der Waals surface area contributed by atoms with Gasteiger partial charge in [0.15, 0.2) is 17.3 Å². The van der Waals surface area contributed by atoms with Crippen molar-refractivity contribution in [2.75, 3.05) is 20.8 Å². The topological polar surface area (TPSA) is 93.7 Å². The van der Waals surface area contributed by atoms with Crippen LogP contribution in [0.5, 0.6) is 11.5 Å². The van der Waals surface area contributed by atoms with Gasteiger partial charge in [-0.1, -0.05) is 74.4 Å². The summed E-state index contributed by atoms with van der Waals surface area (Å²) in [6.45, 7) is 1.86. The van der Waals surface area contributed by atoms with E-state index in [2.05, 4.69) is 10.6 Å². The number of methoxy groups -OCH3 is 2. The highest BCUT2D eigenvalue weighted by molar-refractivity contribution is 6.02. The predicted molar refractivity (Wildman–Crippen MR) is 149 cm³/mol. The molecule has 7 heteroatoms. The van der Waals surface area contributed by atoms with Crippen molar-refractivity contribution in [1.29, 1.82) is 0 Å². The highest BCUT2D eigenvalue weighted by atomic mass is 16.5. The van der Waals surface area contributed by atoms with Crippen LogP contribution in [-0.4, -0.2) is 44.4 Å². The monoisotopic (exact) mass is 514 g/mol. The van der Waals surface area contributed by atoms with E-state index >= 15 is 0 Å².